The van der Waals surface area contributed by atoms with Gasteiger partial charge in [-0.1, -0.05) is 51.1 Å². The largest absolute Gasteiger partial charge is 0.496 e. The standard InChI is InChI=1S/C26H32N2O2/c1-25(2,3)20-12-13-23(30-4)21(17-20)26(18-29,28-15-7-8-16-28)24-14-11-19-9-5-6-10-22(19)27-24/h5-6,9-14,17,29H,7-8,15-16,18H2,1-4H3. The van der Waals surface area contributed by atoms with E-state index in [4.69, 9.17) is 9.72 Å². The van der Waals surface area contributed by atoms with Gasteiger partial charge >= 0.3 is 0 Å². The van der Waals surface area contributed by atoms with Crippen LogP contribution >= 0.6 is 0 Å². The lowest BCUT2D eigenvalue weighted by molar-refractivity contribution is 0.0724. The van der Waals surface area contributed by atoms with Gasteiger partial charge in [0.15, 0.2) is 0 Å². The van der Waals surface area contributed by atoms with Gasteiger partial charge in [0.2, 0.25) is 0 Å². The number of aliphatic hydroxyl groups excluding tert-OH is 1. The molecule has 1 aliphatic rings. The van der Waals surface area contributed by atoms with Crippen molar-refractivity contribution in [1.82, 2.24) is 9.88 Å². The number of methoxy groups -OCH3 is 1. The fourth-order valence-corrected chi connectivity index (χ4v) is 4.63. The molecule has 0 aliphatic carbocycles. The summed E-state index contributed by atoms with van der Waals surface area (Å²) in [4.78, 5) is 7.43. The van der Waals surface area contributed by atoms with Crippen LogP contribution in [0.25, 0.3) is 10.9 Å². The zero-order valence-corrected chi connectivity index (χ0v) is 18.5. The number of benzene rings is 2. The maximum atomic E-state index is 11.0. The molecule has 0 amide bonds. The SMILES string of the molecule is COc1ccc(C(C)(C)C)cc1C(CO)(c1ccc2ccccc2n1)N1CCCC1. The molecule has 158 valence electrons. The van der Waals surface area contributed by atoms with Crippen molar-refractivity contribution >= 4 is 10.9 Å². The first-order chi connectivity index (χ1) is 14.4. The quantitative estimate of drug-likeness (QED) is 0.659. The highest BCUT2D eigenvalue weighted by atomic mass is 16.5. The fourth-order valence-electron chi connectivity index (χ4n) is 4.63. The van der Waals surface area contributed by atoms with Crippen molar-refractivity contribution in [2.45, 2.75) is 44.6 Å². The zero-order valence-electron chi connectivity index (χ0n) is 18.5. The minimum absolute atomic E-state index is 0.00988. The lowest BCUT2D eigenvalue weighted by Gasteiger charge is -2.42. The highest BCUT2D eigenvalue weighted by Gasteiger charge is 2.45. The van der Waals surface area contributed by atoms with Crippen LogP contribution in [0.4, 0.5) is 0 Å². The number of fused-ring (bicyclic) bond motifs is 1. The van der Waals surface area contributed by atoms with Crippen LogP contribution in [-0.4, -0.2) is 41.8 Å². The van der Waals surface area contributed by atoms with E-state index in [9.17, 15) is 5.11 Å². The van der Waals surface area contributed by atoms with E-state index in [0.29, 0.717) is 0 Å². The van der Waals surface area contributed by atoms with Gasteiger partial charge in [0.05, 0.1) is 24.9 Å². The number of hydrogen-bond acceptors (Lipinski definition) is 4. The van der Waals surface area contributed by atoms with Gasteiger partial charge in [0.25, 0.3) is 0 Å². The van der Waals surface area contributed by atoms with Gasteiger partial charge < -0.3 is 9.84 Å². The second-order valence-electron chi connectivity index (χ2n) is 9.27. The van der Waals surface area contributed by atoms with Gasteiger partial charge in [-0.05, 0) is 61.2 Å². The number of hydrogen-bond donors (Lipinski definition) is 1. The number of nitrogens with zero attached hydrogens (tertiary/aromatic N) is 2. The van der Waals surface area contributed by atoms with Crippen molar-refractivity contribution in [3.8, 4) is 5.75 Å². The number of aromatic nitrogens is 1. The molecule has 1 atom stereocenters. The van der Waals surface area contributed by atoms with E-state index >= 15 is 0 Å². The van der Waals surface area contributed by atoms with E-state index in [1.54, 1.807) is 7.11 Å². The maximum absolute atomic E-state index is 11.0. The average molecular weight is 405 g/mol. The first-order valence-electron chi connectivity index (χ1n) is 10.8. The predicted molar refractivity (Wildman–Crippen MR) is 122 cm³/mol. The van der Waals surface area contributed by atoms with Gasteiger partial charge in [0.1, 0.15) is 11.3 Å². The molecule has 4 heteroatoms. The molecular formula is C26H32N2O2. The molecule has 1 aromatic heterocycles. The third kappa shape index (κ3) is 3.48. The summed E-state index contributed by atoms with van der Waals surface area (Å²) >= 11 is 0. The van der Waals surface area contributed by atoms with Crippen molar-refractivity contribution in [2.75, 3.05) is 26.8 Å². The smallest absolute Gasteiger partial charge is 0.124 e. The molecule has 2 aromatic carbocycles. The molecular weight excluding hydrogens is 372 g/mol. The number of para-hydroxylation sites is 1. The van der Waals surface area contributed by atoms with Gasteiger partial charge in [-0.3, -0.25) is 9.88 Å². The molecule has 1 saturated heterocycles. The van der Waals surface area contributed by atoms with E-state index in [1.807, 2.05) is 24.3 Å². The van der Waals surface area contributed by atoms with Crippen LogP contribution in [0.15, 0.2) is 54.6 Å². The summed E-state index contributed by atoms with van der Waals surface area (Å²) in [5.74, 6) is 0.791. The van der Waals surface area contributed by atoms with Crippen molar-refractivity contribution in [3.63, 3.8) is 0 Å². The molecule has 4 nitrogen and oxygen atoms in total. The second-order valence-corrected chi connectivity index (χ2v) is 9.27. The normalized spacial score (nSPS) is 17.2. The molecule has 3 aromatic rings. The molecule has 1 fully saturated rings. The van der Waals surface area contributed by atoms with Gasteiger partial charge in [-0.25, -0.2) is 0 Å². The molecule has 0 saturated carbocycles. The van der Waals surface area contributed by atoms with E-state index in [1.165, 1.54) is 5.56 Å². The first kappa shape index (κ1) is 20.8. The van der Waals surface area contributed by atoms with Crippen LogP contribution in [0.3, 0.4) is 0 Å². The van der Waals surface area contributed by atoms with Crippen LogP contribution in [0.2, 0.25) is 0 Å². The summed E-state index contributed by atoms with van der Waals surface area (Å²) in [7, 11) is 1.70. The summed E-state index contributed by atoms with van der Waals surface area (Å²) in [5, 5.41) is 12.1. The molecule has 0 radical (unpaired) electrons. The summed E-state index contributed by atoms with van der Waals surface area (Å²) < 4.78 is 5.82. The van der Waals surface area contributed by atoms with Crippen molar-refractivity contribution in [2.24, 2.45) is 0 Å². The van der Waals surface area contributed by atoms with Crippen LogP contribution in [-0.2, 0) is 11.0 Å². The van der Waals surface area contributed by atoms with Crippen LogP contribution in [0.1, 0.15) is 50.4 Å². The maximum Gasteiger partial charge on any atom is 0.124 e. The predicted octanol–water partition coefficient (Wildman–Crippen LogP) is 4.87. The fraction of sp³-hybridized carbons (Fsp3) is 0.423. The van der Waals surface area contributed by atoms with E-state index in [0.717, 1.165) is 53.8 Å². The molecule has 0 spiro atoms. The lowest BCUT2D eigenvalue weighted by Crippen LogP contribution is -2.49. The Bertz CT molecular complexity index is 1030. The number of aliphatic hydroxyl groups is 1. The van der Waals surface area contributed by atoms with Crippen molar-refractivity contribution in [1.29, 1.82) is 0 Å². The monoisotopic (exact) mass is 404 g/mol. The molecule has 1 unspecified atom stereocenters. The Hall–Kier alpha value is -2.43. The lowest BCUT2D eigenvalue weighted by atomic mass is 9.79. The Labute approximate surface area is 179 Å². The second kappa shape index (κ2) is 8.01. The van der Waals surface area contributed by atoms with Gasteiger partial charge in [0, 0.05) is 10.9 Å². The van der Waals surface area contributed by atoms with Crippen molar-refractivity contribution < 1.29 is 9.84 Å². The summed E-state index contributed by atoms with van der Waals surface area (Å²) in [5.41, 5.74) is 3.27. The minimum Gasteiger partial charge on any atom is -0.496 e. The van der Waals surface area contributed by atoms with Crippen LogP contribution in [0.5, 0.6) is 5.75 Å². The van der Waals surface area contributed by atoms with Crippen molar-refractivity contribution in [3.05, 3.63) is 71.4 Å². The summed E-state index contributed by atoms with van der Waals surface area (Å²) in [6.07, 6.45) is 2.24. The molecule has 4 rings (SSSR count). The minimum atomic E-state index is -0.743. The molecule has 0 bridgehead atoms. The highest BCUT2D eigenvalue weighted by molar-refractivity contribution is 5.78. The topological polar surface area (TPSA) is 45.6 Å². The zero-order chi connectivity index (χ0) is 21.4. The number of ether oxygens (including phenoxy) is 1. The number of rotatable bonds is 5. The Morgan fingerprint density at radius 3 is 2.40 bits per heavy atom. The Morgan fingerprint density at radius 2 is 1.73 bits per heavy atom. The molecule has 2 heterocycles. The Morgan fingerprint density at radius 1 is 1.00 bits per heavy atom. The Balaban J connectivity index is 2.01. The van der Waals surface area contributed by atoms with Gasteiger partial charge in [-0.2, -0.15) is 0 Å². The van der Waals surface area contributed by atoms with Crippen LogP contribution < -0.4 is 4.74 Å². The Kier molecular flexibility index (Phi) is 5.56. The highest BCUT2D eigenvalue weighted by Crippen LogP contribution is 2.43. The third-order valence-electron chi connectivity index (χ3n) is 6.41. The van der Waals surface area contributed by atoms with E-state index < -0.39 is 5.54 Å². The summed E-state index contributed by atoms with van der Waals surface area (Å²) in [6.45, 7) is 8.44. The summed E-state index contributed by atoms with van der Waals surface area (Å²) in [6, 6.07) is 18.7. The van der Waals surface area contributed by atoms with E-state index in [-0.39, 0.29) is 12.0 Å². The molecule has 1 N–H and O–H groups in total. The van der Waals surface area contributed by atoms with Crippen LogP contribution in [0, 0.1) is 0 Å². The number of pyridine rings is 1. The van der Waals surface area contributed by atoms with Gasteiger partial charge in [-0.15, -0.1) is 0 Å². The van der Waals surface area contributed by atoms with E-state index in [2.05, 4.69) is 56.0 Å². The number of likely N-dealkylation sites (tertiary alicyclic amines) is 1. The molecule has 1 aliphatic heterocycles. The third-order valence-corrected chi connectivity index (χ3v) is 6.41. The first-order valence-corrected chi connectivity index (χ1v) is 10.8. The molecule has 30 heavy (non-hydrogen) atoms. The average Bonchev–Trinajstić information content (AvgIpc) is 3.29.